The lowest BCUT2D eigenvalue weighted by Crippen LogP contribution is -2.50. The number of nitrogens with zero attached hydrogens (tertiary/aromatic N) is 5. The number of hydrogen-bond acceptors (Lipinski definition) is 6. The molecule has 9 heteroatoms. The number of nitrogens with two attached hydrogens (primary N) is 1. The number of aryl methyl sites for hydroxylation is 1. The van der Waals surface area contributed by atoms with Gasteiger partial charge in [-0.15, -0.1) is 10.2 Å². The van der Waals surface area contributed by atoms with E-state index in [4.69, 9.17) is 5.73 Å². The van der Waals surface area contributed by atoms with Crippen molar-refractivity contribution in [3.8, 4) is 0 Å². The molecule has 1 fully saturated rings. The first-order valence-corrected chi connectivity index (χ1v) is 8.92. The number of hydrogen-bond donors (Lipinski definition) is 1. The summed E-state index contributed by atoms with van der Waals surface area (Å²) in [5.41, 5.74) is 7.26. The monoisotopic (exact) mass is 364 g/mol. The molecule has 0 saturated carbocycles. The Kier molecular flexibility index (Phi) is 4.12. The summed E-state index contributed by atoms with van der Waals surface area (Å²) in [7, 11) is 0. The molecule has 0 radical (unpaired) electrons. The van der Waals surface area contributed by atoms with Crippen LogP contribution in [0.2, 0.25) is 0 Å². The molecule has 1 aromatic carbocycles. The van der Waals surface area contributed by atoms with Crippen molar-refractivity contribution in [2.45, 2.75) is 32.1 Å². The molecule has 2 aromatic heterocycles. The predicted octanol–water partition coefficient (Wildman–Crippen LogP) is 2.26. The van der Waals surface area contributed by atoms with Crippen molar-refractivity contribution < 1.29 is 8.78 Å². The van der Waals surface area contributed by atoms with E-state index in [0.717, 1.165) is 10.0 Å². The largest absolute Gasteiger partial charge is 0.340 e. The zero-order valence-electron chi connectivity index (χ0n) is 13.7. The Hall–Kier alpha value is -2.13. The SMILES string of the molecule is Cc1nnc(Cn2c(N3CCC(F)C(N)C3)nc3ccc(F)cc32)s1. The van der Waals surface area contributed by atoms with Crippen LogP contribution in [0.5, 0.6) is 0 Å². The van der Waals surface area contributed by atoms with Crippen molar-refractivity contribution in [3.05, 3.63) is 34.0 Å². The first kappa shape index (κ1) is 16.3. The highest BCUT2D eigenvalue weighted by Crippen LogP contribution is 2.28. The van der Waals surface area contributed by atoms with Crippen LogP contribution in [0.15, 0.2) is 18.2 Å². The van der Waals surface area contributed by atoms with E-state index >= 15 is 0 Å². The fourth-order valence-corrected chi connectivity index (χ4v) is 3.85. The van der Waals surface area contributed by atoms with Gasteiger partial charge >= 0.3 is 0 Å². The third kappa shape index (κ3) is 3.09. The van der Waals surface area contributed by atoms with E-state index in [0.29, 0.717) is 43.0 Å². The molecule has 3 heterocycles. The van der Waals surface area contributed by atoms with E-state index in [2.05, 4.69) is 15.2 Å². The number of alkyl halides is 1. The molecule has 0 amide bonds. The summed E-state index contributed by atoms with van der Waals surface area (Å²) >= 11 is 1.49. The molecular weight excluding hydrogens is 346 g/mol. The lowest BCUT2D eigenvalue weighted by Gasteiger charge is -2.34. The Morgan fingerprint density at radius 1 is 1.36 bits per heavy atom. The lowest BCUT2D eigenvalue weighted by molar-refractivity contribution is 0.243. The molecule has 1 aliphatic heterocycles. The van der Waals surface area contributed by atoms with Gasteiger partial charge in [-0.05, 0) is 31.5 Å². The van der Waals surface area contributed by atoms with Gasteiger partial charge in [-0.2, -0.15) is 0 Å². The van der Waals surface area contributed by atoms with Crippen LogP contribution in [0.3, 0.4) is 0 Å². The van der Waals surface area contributed by atoms with Crippen LogP contribution in [0.25, 0.3) is 11.0 Å². The molecule has 2 unspecified atom stereocenters. The number of rotatable bonds is 3. The van der Waals surface area contributed by atoms with Gasteiger partial charge in [0.1, 0.15) is 22.0 Å². The van der Waals surface area contributed by atoms with Crippen LogP contribution in [0, 0.1) is 12.7 Å². The lowest BCUT2D eigenvalue weighted by atomic mass is 10.1. The van der Waals surface area contributed by atoms with Gasteiger partial charge < -0.3 is 15.2 Å². The third-order valence-corrected chi connectivity index (χ3v) is 5.23. The summed E-state index contributed by atoms with van der Waals surface area (Å²) in [5.74, 6) is 0.337. The molecule has 0 spiro atoms. The fourth-order valence-electron chi connectivity index (χ4n) is 3.15. The van der Waals surface area contributed by atoms with E-state index in [9.17, 15) is 8.78 Å². The first-order chi connectivity index (χ1) is 12.0. The first-order valence-electron chi connectivity index (χ1n) is 8.10. The van der Waals surface area contributed by atoms with Gasteiger partial charge in [-0.25, -0.2) is 13.8 Å². The third-order valence-electron chi connectivity index (χ3n) is 4.40. The molecule has 4 rings (SSSR count). The molecule has 6 nitrogen and oxygen atoms in total. The molecular formula is C16H18F2N6S. The van der Waals surface area contributed by atoms with Crippen LogP contribution in [0.1, 0.15) is 16.4 Å². The number of fused-ring (bicyclic) bond motifs is 1. The average Bonchev–Trinajstić information content (AvgIpc) is 3.14. The van der Waals surface area contributed by atoms with Crippen LogP contribution in [-0.4, -0.2) is 45.1 Å². The second-order valence-corrected chi connectivity index (χ2v) is 7.53. The Morgan fingerprint density at radius 2 is 2.20 bits per heavy atom. The van der Waals surface area contributed by atoms with Gasteiger partial charge in [0.05, 0.1) is 23.6 Å². The topological polar surface area (TPSA) is 72.9 Å². The summed E-state index contributed by atoms with van der Waals surface area (Å²) in [6.45, 7) is 3.22. The van der Waals surface area contributed by atoms with Gasteiger partial charge in [0.15, 0.2) is 0 Å². The minimum absolute atomic E-state index is 0.326. The maximum absolute atomic E-state index is 13.8. The Bertz CT molecular complexity index is 907. The van der Waals surface area contributed by atoms with Gasteiger partial charge in [0.25, 0.3) is 0 Å². The van der Waals surface area contributed by atoms with E-state index < -0.39 is 12.2 Å². The normalized spacial score (nSPS) is 21.2. The van der Waals surface area contributed by atoms with Crippen molar-refractivity contribution in [2.75, 3.05) is 18.0 Å². The van der Waals surface area contributed by atoms with Gasteiger partial charge in [0.2, 0.25) is 5.95 Å². The van der Waals surface area contributed by atoms with Gasteiger partial charge in [0, 0.05) is 13.1 Å². The highest BCUT2D eigenvalue weighted by molar-refractivity contribution is 7.11. The van der Waals surface area contributed by atoms with Crippen LogP contribution >= 0.6 is 11.3 Å². The van der Waals surface area contributed by atoms with Crippen LogP contribution < -0.4 is 10.6 Å². The van der Waals surface area contributed by atoms with E-state index in [1.807, 2.05) is 16.4 Å². The highest BCUT2D eigenvalue weighted by atomic mass is 32.1. The minimum Gasteiger partial charge on any atom is -0.340 e. The number of aromatic nitrogens is 4. The maximum atomic E-state index is 13.8. The summed E-state index contributed by atoms with van der Waals surface area (Å²) in [5, 5.41) is 9.87. The summed E-state index contributed by atoms with van der Waals surface area (Å²) < 4.78 is 29.4. The quantitative estimate of drug-likeness (QED) is 0.772. The van der Waals surface area contributed by atoms with Crippen molar-refractivity contribution in [1.29, 1.82) is 0 Å². The molecule has 1 aliphatic rings. The number of halogens is 2. The molecule has 3 aromatic rings. The maximum Gasteiger partial charge on any atom is 0.207 e. The number of piperidine rings is 1. The van der Waals surface area contributed by atoms with Crippen molar-refractivity contribution in [1.82, 2.24) is 19.7 Å². The summed E-state index contributed by atoms with van der Waals surface area (Å²) in [6.07, 6.45) is -0.645. The van der Waals surface area contributed by atoms with Gasteiger partial charge in [-0.1, -0.05) is 11.3 Å². The highest BCUT2D eigenvalue weighted by Gasteiger charge is 2.29. The summed E-state index contributed by atoms with van der Waals surface area (Å²) in [6, 6.07) is 3.94. The van der Waals surface area contributed by atoms with Crippen LogP contribution in [-0.2, 0) is 6.54 Å². The Morgan fingerprint density at radius 3 is 2.92 bits per heavy atom. The molecule has 25 heavy (non-hydrogen) atoms. The molecule has 1 saturated heterocycles. The smallest absolute Gasteiger partial charge is 0.207 e. The second-order valence-electron chi connectivity index (χ2n) is 6.26. The molecule has 2 atom stereocenters. The summed E-state index contributed by atoms with van der Waals surface area (Å²) in [4.78, 5) is 6.61. The number of imidazole rings is 1. The zero-order chi connectivity index (χ0) is 17.6. The Balaban J connectivity index is 1.78. The van der Waals surface area contributed by atoms with Crippen molar-refractivity contribution in [2.24, 2.45) is 5.73 Å². The predicted molar refractivity (Wildman–Crippen MR) is 93.1 cm³/mol. The van der Waals surface area contributed by atoms with Gasteiger partial charge in [-0.3, -0.25) is 0 Å². The number of benzene rings is 1. The molecule has 2 N–H and O–H groups in total. The molecule has 0 bridgehead atoms. The van der Waals surface area contributed by atoms with Crippen molar-refractivity contribution in [3.63, 3.8) is 0 Å². The average molecular weight is 364 g/mol. The van der Waals surface area contributed by atoms with E-state index in [-0.39, 0.29) is 5.82 Å². The number of anilines is 1. The van der Waals surface area contributed by atoms with E-state index in [1.54, 1.807) is 6.07 Å². The van der Waals surface area contributed by atoms with Crippen molar-refractivity contribution >= 4 is 28.3 Å². The zero-order valence-corrected chi connectivity index (χ0v) is 14.5. The molecule has 0 aliphatic carbocycles. The minimum atomic E-state index is -1.00. The molecule has 132 valence electrons. The Labute approximate surface area is 147 Å². The second kappa shape index (κ2) is 6.30. The van der Waals surface area contributed by atoms with E-state index in [1.165, 1.54) is 23.5 Å². The standard InChI is InChI=1S/C16H18F2N6S/c1-9-21-22-15(25-9)8-24-14-6-10(17)2-3-13(14)20-16(24)23-5-4-11(18)12(19)7-23/h2-3,6,11-12H,4-5,7-8,19H2,1H3. The fraction of sp³-hybridized carbons (Fsp3) is 0.438. The van der Waals surface area contributed by atoms with Crippen LogP contribution in [0.4, 0.5) is 14.7 Å².